The molecule has 1 aliphatic heterocycles. The van der Waals surface area contributed by atoms with Crippen LogP contribution >= 0.6 is 0 Å². The smallest absolute Gasteiger partial charge is 0.259 e. The summed E-state index contributed by atoms with van der Waals surface area (Å²) in [6.07, 6.45) is 1.08. The third kappa shape index (κ3) is 3.40. The summed E-state index contributed by atoms with van der Waals surface area (Å²) in [7, 11) is 2.86. The summed E-state index contributed by atoms with van der Waals surface area (Å²) in [4.78, 5) is 51.0. The van der Waals surface area contributed by atoms with Gasteiger partial charge in [0.2, 0.25) is 0 Å². The second-order valence-electron chi connectivity index (χ2n) is 8.26. The average molecular weight is 465 g/mol. The van der Waals surface area contributed by atoms with Gasteiger partial charge in [0.15, 0.2) is 17.3 Å². The number of hydrogen-bond donors (Lipinski definition) is 2. The lowest BCUT2D eigenvalue weighted by Crippen LogP contribution is -2.47. The Morgan fingerprint density at radius 3 is 2.56 bits per heavy atom. The average Bonchev–Trinajstić information content (AvgIpc) is 3.10. The number of Topliss-reactive ketones (excluding diaryl/α,β-unsaturated/α-hetero) is 2. The lowest BCUT2D eigenvalue weighted by Gasteiger charge is -2.30. The number of phenols is 1. The lowest BCUT2D eigenvalue weighted by atomic mass is 9.67. The fraction of sp³-hybridized carbons (Fsp3) is 0.280. The Morgan fingerprint density at radius 2 is 1.91 bits per heavy atom. The van der Waals surface area contributed by atoms with Gasteiger partial charge in [-0.15, -0.1) is 0 Å². The van der Waals surface area contributed by atoms with Crippen molar-refractivity contribution in [2.45, 2.75) is 25.8 Å². The zero-order valence-electron chi connectivity index (χ0n) is 19.1. The molecule has 1 aliphatic carbocycles. The number of allylic oxidation sites excluding steroid dienone is 2. The fourth-order valence-corrected chi connectivity index (χ4v) is 4.41. The highest BCUT2D eigenvalue weighted by Gasteiger charge is 2.58. The molecule has 0 aromatic heterocycles. The first-order chi connectivity index (χ1) is 16.1. The van der Waals surface area contributed by atoms with E-state index in [0.717, 1.165) is 18.6 Å². The zero-order valence-corrected chi connectivity index (χ0v) is 19.1. The van der Waals surface area contributed by atoms with Crippen molar-refractivity contribution in [3.8, 4) is 23.0 Å². The highest BCUT2D eigenvalue weighted by molar-refractivity contribution is 6.27. The minimum Gasteiger partial charge on any atom is -0.507 e. The van der Waals surface area contributed by atoms with Gasteiger partial charge in [-0.1, -0.05) is 12.1 Å². The van der Waals surface area contributed by atoms with Crippen LogP contribution in [0.15, 0.2) is 42.2 Å². The van der Waals surface area contributed by atoms with Crippen LogP contribution in [-0.2, 0) is 26.3 Å². The van der Waals surface area contributed by atoms with Crippen molar-refractivity contribution in [1.29, 1.82) is 0 Å². The minimum atomic E-state index is -1.61. The normalized spacial score (nSPS) is 20.6. The number of hydrogen-bond acceptors (Lipinski definition) is 8. The molecular formula is C25H23NO8. The summed E-state index contributed by atoms with van der Waals surface area (Å²) in [5.41, 5.74) is -0.877. The molecule has 4 rings (SSSR count). The molecule has 0 spiro atoms. The van der Waals surface area contributed by atoms with Gasteiger partial charge in [-0.2, -0.15) is 0 Å². The van der Waals surface area contributed by atoms with E-state index < -0.39 is 34.6 Å². The van der Waals surface area contributed by atoms with E-state index in [-0.39, 0.29) is 40.7 Å². The van der Waals surface area contributed by atoms with E-state index in [4.69, 9.17) is 14.2 Å². The fourth-order valence-electron chi connectivity index (χ4n) is 4.41. The number of fused-ring (bicyclic) bond motifs is 3. The Morgan fingerprint density at radius 1 is 1.18 bits per heavy atom. The lowest BCUT2D eigenvalue weighted by molar-refractivity contribution is -0.140. The molecular weight excluding hydrogens is 442 g/mol. The molecule has 0 radical (unpaired) electrons. The first-order valence-corrected chi connectivity index (χ1v) is 10.5. The summed E-state index contributed by atoms with van der Waals surface area (Å²) in [6.45, 7) is 2.77. The molecule has 0 saturated carbocycles. The molecule has 0 bridgehead atoms. The van der Waals surface area contributed by atoms with Gasteiger partial charge >= 0.3 is 0 Å². The van der Waals surface area contributed by atoms with E-state index in [1.165, 1.54) is 27.2 Å². The minimum absolute atomic E-state index is 0.00910. The number of nitrogens with one attached hydrogen (secondary N) is 1. The van der Waals surface area contributed by atoms with Crippen LogP contribution in [0, 0.1) is 5.92 Å². The molecule has 2 aliphatic rings. The highest BCUT2D eigenvalue weighted by Crippen LogP contribution is 2.56. The molecule has 0 fully saturated rings. The van der Waals surface area contributed by atoms with Gasteiger partial charge in [0, 0.05) is 18.7 Å². The maximum Gasteiger partial charge on any atom is 0.259 e. The van der Waals surface area contributed by atoms with E-state index in [2.05, 4.69) is 5.32 Å². The molecule has 176 valence electrons. The quantitative estimate of drug-likeness (QED) is 0.622. The van der Waals surface area contributed by atoms with Crippen molar-refractivity contribution < 1.29 is 38.5 Å². The van der Waals surface area contributed by atoms with Crippen LogP contribution in [0.5, 0.6) is 23.0 Å². The summed E-state index contributed by atoms with van der Waals surface area (Å²) in [6, 6.07) is 8.35. The summed E-state index contributed by atoms with van der Waals surface area (Å²) < 4.78 is 16.3. The van der Waals surface area contributed by atoms with Crippen molar-refractivity contribution in [2.75, 3.05) is 14.2 Å². The molecule has 1 heterocycles. The molecule has 34 heavy (non-hydrogen) atoms. The first-order valence-electron chi connectivity index (χ1n) is 10.5. The van der Waals surface area contributed by atoms with Gasteiger partial charge in [-0.3, -0.25) is 19.2 Å². The Balaban J connectivity index is 1.78. The molecule has 2 atom stereocenters. The van der Waals surface area contributed by atoms with E-state index in [0.29, 0.717) is 5.75 Å². The van der Waals surface area contributed by atoms with Crippen molar-refractivity contribution in [1.82, 2.24) is 5.32 Å². The van der Waals surface area contributed by atoms with Gasteiger partial charge in [0.1, 0.15) is 45.7 Å². The van der Waals surface area contributed by atoms with Gasteiger partial charge in [-0.25, -0.2) is 0 Å². The SMILES string of the molecule is COc1cccc(CNC(=O)c2c(OC)cc(O)c3c2OC2=CC(=O)C(C(C)=O)C(=O)[C@]23C)c1. The first kappa shape index (κ1) is 23.0. The van der Waals surface area contributed by atoms with Gasteiger partial charge in [-0.05, 0) is 31.5 Å². The van der Waals surface area contributed by atoms with Crippen molar-refractivity contribution >= 4 is 23.3 Å². The standard InChI is InChI=1S/C25H23NO8/c1-12(27)19-15(28)10-18-25(2,23(19)30)21-16(29)9-17(33-4)20(22(21)34-18)24(31)26-11-13-6-5-7-14(8-13)32-3/h5-10,19,29H,11H2,1-4H3,(H,26,31)/t19?,25-/m1/s1. The number of ketones is 3. The molecule has 2 aromatic carbocycles. The van der Waals surface area contributed by atoms with Crippen LogP contribution < -0.4 is 19.5 Å². The van der Waals surface area contributed by atoms with E-state index in [9.17, 15) is 24.3 Å². The number of methoxy groups -OCH3 is 2. The molecule has 1 unspecified atom stereocenters. The number of carbonyl (C=O) groups excluding carboxylic acids is 4. The van der Waals surface area contributed by atoms with Gasteiger partial charge < -0.3 is 24.6 Å². The topological polar surface area (TPSA) is 128 Å². The van der Waals surface area contributed by atoms with Crippen LogP contribution in [0.3, 0.4) is 0 Å². The zero-order chi connectivity index (χ0) is 24.8. The Labute approximate surface area is 195 Å². The van der Waals surface area contributed by atoms with Crippen molar-refractivity contribution in [3.63, 3.8) is 0 Å². The molecule has 9 nitrogen and oxygen atoms in total. The molecule has 2 N–H and O–H groups in total. The Kier molecular flexibility index (Phi) is 5.64. The number of carbonyl (C=O) groups is 4. The summed E-state index contributed by atoms with van der Waals surface area (Å²) >= 11 is 0. The van der Waals surface area contributed by atoms with E-state index in [1.54, 1.807) is 18.2 Å². The number of rotatable bonds is 6. The number of benzene rings is 2. The largest absolute Gasteiger partial charge is 0.507 e. The van der Waals surface area contributed by atoms with Crippen molar-refractivity contribution in [2.24, 2.45) is 5.92 Å². The second kappa shape index (κ2) is 8.33. The number of ether oxygens (including phenoxy) is 3. The third-order valence-electron chi connectivity index (χ3n) is 6.18. The van der Waals surface area contributed by atoms with Gasteiger partial charge in [0.05, 0.1) is 19.8 Å². The second-order valence-corrected chi connectivity index (χ2v) is 8.26. The summed E-state index contributed by atoms with van der Waals surface area (Å²) in [5, 5.41) is 13.5. The molecule has 9 heteroatoms. The van der Waals surface area contributed by atoms with Crippen molar-refractivity contribution in [3.05, 3.63) is 58.9 Å². The van der Waals surface area contributed by atoms with Gasteiger partial charge in [0.25, 0.3) is 5.91 Å². The number of amides is 1. The van der Waals surface area contributed by atoms with Crippen LogP contribution in [0.2, 0.25) is 0 Å². The van der Waals surface area contributed by atoms with Crippen LogP contribution in [0.1, 0.15) is 35.3 Å². The van der Waals surface area contributed by atoms with Crippen LogP contribution in [-0.4, -0.2) is 42.6 Å². The maximum atomic E-state index is 13.3. The molecule has 0 saturated heterocycles. The predicted octanol–water partition coefficient (Wildman–Crippen LogP) is 2.23. The molecule has 1 amide bonds. The highest BCUT2D eigenvalue weighted by atomic mass is 16.5. The Bertz CT molecular complexity index is 1280. The van der Waals surface area contributed by atoms with E-state index in [1.807, 2.05) is 6.07 Å². The molecule has 2 aromatic rings. The Hall–Kier alpha value is -4.14. The maximum absolute atomic E-state index is 13.3. The number of phenolic OH excluding ortho intramolecular Hbond substituents is 1. The predicted molar refractivity (Wildman–Crippen MR) is 119 cm³/mol. The number of aromatic hydroxyl groups is 1. The van der Waals surface area contributed by atoms with E-state index >= 15 is 0 Å². The third-order valence-corrected chi connectivity index (χ3v) is 6.18. The van der Waals surface area contributed by atoms with Crippen LogP contribution in [0.25, 0.3) is 0 Å². The monoisotopic (exact) mass is 465 g/mol. The summed E-state index contributed by atoms with van der Waals surface area (Å²) in [5.74, 6) is -3.97. The van der Waals surface area contributed by atoms with Crippen LogP contribution in [0.4, 0.5) is 0 Å².